The van der Waals surface area contributed by atoms with Crippen LogP contribution >= 0.6 is 0 Å². The van der Waals surface area contributed by atoms with Crippen molar-refractivity contribution in [2.45, 2.75) is 0 Å². The predicted octanol–water partition coefficient (Wildman–Crippen LogP) is -2.92. The first-order valence-electron chi connectivity index (χ1n) is 4.15. The van der Waals surface area contributed by atoms with E-state index in [2.05, 4.69) is 0 Å². The number of carboxylic acid groups (broad SMARTS) is 1. The monoisotopic (exact) mass is 234 g/mol. The fourth-order valence-corrected chi connectivity index (χ4v) is 1.19. The molecular formula is C10H11NaO5. The zero-order valence-electron chi connectivity index (χ0n) is 9.70. The Bertz CT molecular complexity index is 378. The molecule has 5 nitrogen and oxygen atoms in total. The van der Waals surface area contributed by atoms with Crippen molar-refractivity contribution in [2.24, 2.45) is 0 Å². The van der Waals surface area contributed by atoms with Gasteiger partial charge in [-0.05, 0) is 6.07 Å². The molecule has 0 aromatic heterocycles. The molecule has 0 aliphatic carbocycles. The van der Waals surface area contributed by atoms with E-state index in [0.29, 0.717) is 11.5 Å². The van der Waals surface area contributed by atoms with Gasteiger partial charge in [-0.2, -0.15) is 0 Å². The first-order valence-corrected chi connectivity index (χ1v) is 4.15. The Morgan fingerprint density at radius 3 is 1.81 bits per heavy atom. The van der Waals surface area contributed by atoms with E-state index in [1.807, 2.05) is 0 Å². The number of carboxylic acids is 1. The van der Waals surface area contributed by atoms with Gasteiger partial charge in [-0.1, -0.05) is 0 Å². The number of aromatic carboxylic acids is 1. The molecule has 6 heteroatoms. The summed E-state index contributed by atoms with van der Waals surface area (Å²) in [6, 6.07) is 2.73. The van der Waals surface area contributed by atoms with Crippen molar-refractivity contribution in [1.82, 2.24) is 0 Å². The topological polar surface area (TPSA) is 67.8 Å². The van der Waals surface area contributed by atoms with Gasteiger partial charge in [-0.3, -0.25) is 0 Å². The summed E-state index contributed by atoms with van der Waals surface area (Å²) >= 11 is 0. The van der Waals surface area contributed by atoms with E-state index in [0.717, 1.165) is 0 Å². The fraction of sp³-hybridized carbons (Fsp3) is 0.300. The summed E-state index contributed by atoms with van der Waals surface area (Å²) in [6.07, 6.45) is 0. The molecule has 0 spiro atoms. The second-order valence-corrected chi connectivity index (χ2v) is 2.69. The third kappa shape index (κ3) is 3.04. The van der Waals surface area contributed by atoms with Crippen LogP contribution in [0.5, 0.6) is 17.2 Å². The Morgan fingerprint density at radius 1 is 1.00 bits per heavy atom. The van der Waals surface area contributed by atoms with Crippen LogP contribution in [0.2, 0.25) is 0 Å². The van der Waals surface area contributed by atoms with Gasteiger partial charge < -0.3 is 24.1 Å². The van der Waals surface area contributed by atoms with Crippen molar-refractivity contribution in [2.75, 3.05) is 21.3 Å². The number of hydrogen-bond acceptors (Lipinski definition) is 5. The largest absolute Gasteiger partial charge is 1.00 e. The average molecular weight is 234 g/mol. The summed E-state index contributed by atoms with van der Waals surface area (Å²) in [5.74, 6) is -0.433. The quantitative estimate of drug-likeness (QED) is 0.522. The average Bonchev–Trinajstić information content (AvgIpc) is 2.26. The molecule has 82 valence electrons. The van der Waals surface area contributed by atoms with E-state index < -0.39 is 5.97 Å². The van der Waals surface area contributed by atoms with Gasteiger partial charge in [-0.25, -0.2) is 0 Å². The van der Waals surface area contributed by atoms with Crippen LogP contribution in [0.4, 0.5) is 0 Å². The van der Waals surface area contributed by atoms with Crippen LogP contribution in [0.25, 0.3) is 0 Å². The SMILES string of the molecule is COc1cc(OC)c(C(=O)[O-])cc1OC.[Na+]. The predicted molar refractivity (Wildman–Crippen MR) is 50.4 cm³/mol. The van der Waals surface area contributed by atoms with Crippen LogP contribution in [-0.2, 0) is 0 Å². The van der Waals surface area contributed by atoms with Gasteiger partial charge in [0.25, 0.3) is 0 Å². The first-order chi connectivity index (χ1) is 7.13. The third-order valence-corrected chi connectivity index (χ3v) is 1.93. The number of carbonyl (C=O) groups excluding carboxylic acids is 1. The summed E-state index contributed by atoms with van der Waals surface area (Å²) in [4.78, 5) is 10.8. The van der Waals surface area contributed by atoms with Gasteiger partial charge >= 0.3 is 29.6 Å². The number of ether oxygens (including phenoxy) is 3. The Kier molecular flexibility index (Phi) is 6.25. The molecule has 0 N–H and O–H groups in total. The molecule has 0 unspecified atom stereocenters. The molecule has 0 saturated carbocycles. The minimum atomic E-state index is -1.33. The zero-order chi connectivity index (χ0) is 11.4. The number of rotatable bonds is 4. The fourth-order valence-electron chi connectivity index (χ4n) is 1.19. The summed E-state index contributed by atoms with van der Waals surface area (Å²) in [5.41, 5.74) is -0.0739. The molecule has 0 fully saturated rings. The maximum atomic E-state index is 10.8. The Morgan fingerprint density at radius 2 is 1.44 bits per heavy atom. The van der Waals surface area contributed by atoms with Crippen LogP contribution in [0.15, 0.2) is 12.1 Å². The van der Waals surface area contributed by atoms with Gasteiger partial charge in [-0.15, -0.1) is 0 Å². The normalized spacial score (nSPS) is 8.94. The number of carbonyl (C=O) groups is 1. The number of methoxy groups -OCH3 is 3. The Labute approximate surface area is 116 Å². The minimum Gasteiger partial charge on any atom is -0.545 e. The molecule has 0 aliphatic rings. The van der Waals surface area contributed by atoms with Crippen molar-refractivity contribution in [1.29, 1.82) is 0 Å². The zero-order valence-corrected chi connectivity index (χ0v) is 11.7. The van der Waals surface area contributed by atoms with Crippen LogP contribution in [0.3, 0.4) is 0 Å². The van der Waals surface area contributed by atoms with E-state index >= 15 is 0 Å². The summed E-state index contributed by atoms with van der Waals surface area (Å²) in [5, 5.41) is 10.8. The summed E-state index contributed by atoms with van der Waals surface area (Å²) in [6.45, 7) is 0. The van der Waals surface area contributed by atoms with Gasteiger partial charge in [0, 0.05) is 11.6 Å². The molecule has 1 aromatic carbocycles. The Balaban J connectivity index is 0.00000225. The molecule has 0 radical (unpaired) electrons. The molecular weight excluding hydrogens is 223 g/mol. The maximum absolute atomic E-state index is 10.8. The van der Waals surface area contributed by atoms with Crippen molar-refractivity contribution in [3.05, 3.63) is 17.7 Å². The van der Waals surface area contributed by atoms with E-state index in [1.54, 1.807) is 0 Å². The van der Waals surface area contributed by atoms with Crippen LogP contribution in [-0.4, -0.2) is 27.3 Å². The van der Waals surface area contributed by atoms with E-state index in [1.165, 1.54) is 33.5 Å². The second kappa shape index (κ2) is 6.62. The smallest absolute Gasteiger partial charge is 0.545 e. The summed E-state index contributed by atoms with van der Waals surface area (Å²) < 4.78 is 14.8. The molecule has 0 bridgehead atoms. The molecule has 1 rings (SSSR count). The second-order valence-electron chi connectivity index (χ2n) is 2.69. The molecule has 0 atom stereocenters. The van der Waals surface area contributed by atoms with Crippen LogP contribution in [0.1, 0.15) is 10.4 Å². The minimum absolute atomic E-state index is 0. The van der Waals surface area contributed by atoms with Gasteiger partial charge in [0.2, 0.25) is 0 Å². The molecule has 0 amide bonds. The number of benzene rings is 1. The summed E-state index contributed by atoms with van der Waals surface area (Å²) in [7, 11) is 4.24. The van der Waals surface area contributed by atoms with E-state index in [4.69, 9.17) is 14.2 Å². The molecule has 1 aromatic rings. The molecule has 16 heavy (non-hydrogen) atoms. The van der Waals surface area contributed by atoms with E-state index in [-0.39, 0.29) is 40.9 Å². The molecule has 0 heterocycles. The van der Waals surface area contributed by atoms with Crippen LogP contribution < -0.4 is 48.9 Å². The molecule has 0 saturated heterocycles. The Hall–Kier alpha value is -0.910. The van der Waals surface area contributed by atoms with Crippen LogP contribution in [0, 0.1) is 0 Å². The first kappa shape index (κ1) is 15.1. The van der Waals surface area contributed by atoms with Crippen molar-refractivity contribution >= 4 is 5.97 Å². The standard InChI is InChI=1S/C10H12O5.Na/c1-13-7-5-9(15-3)8(14-2)4-6(7)10(11)12;/h4-5H,1-3H3,(H,11,12);/q;+1/p-1. The van der Waals surface area contributed by atoms with Gasteiger partial charge in [0.05, 0.1) is 27.3 Å². The van der Waals surface area contributed by atoms with Crippen molar-refractivity contribution in [3.63, 3.8) is 0 Å². The van der Waals surface area contributed by atoms with Gasteiger partial charge in [0.15, 0.2) is 11.5 Å². The van der Waals surface area contributed by atoms with Gasteiger partial charge in [0.1, 0.15) is 5.75 Å². The maximum Gasteiger partial charge on any atom is 1.00 e. The molecule has 0 aliphatic heterocycles. The number of hydrogen-bond donors (Lipinski definition) is 0. The van der Waals surface area contributed by atoms with E-state index in [9.17, 15) is 9.90 Å². The van der Waals surface area contributed by atoms with Crippen molar-refractivity contribution < 1.29 is 53.7 Å². The van der Waals surface area contributed by atoms with Crippen molar-refractivity contribution in [3.8, 4) is 17.2 Å². The third-order valence-electron chi connectivity index (χ3n) is 1.93.